The van der Waals surface area contributed by atoms with Crippen LogP contribution < -0.4 is 5.32 Å². The van der Waals surface area contributed by atoms with Gasteiger partial charge in [-0.05, 0) is 32.7 Å². The van der Waals surface area contributed by atoms with Crippen LogP contribution in [0, 0.1) is 0 Å². The highest BCUT2D eigenvalue weighted by Gasteiger charge is 2.36. The molecule has 2 rings (SSSR count). The van der Waals surface area contributed by atoms with E-state index in [9.17, 15) is 0 Å². The van der Waals surface area contributed by atoms with Crippen molar-refractivity contribution in [2.45, 2.75) is 77.0 Å². The molecule has 0 amide bonds. The first-order valence-corrected chi connectivity index (χ1v) is 8.31. The monoisotopic (exact) mass is 267 g/mol. The van der Waals surface area contributed by atoms with Gasteiger partial charge in [0.15, 0.2) is 0 Å². The van der Waals surface area contributed by atoms with Crippen molar-refractivity contribution in [2.75, 3.05) is 26.7 Å². The molecule has 0 saturated carbocycles. The molecule has 2 heterocycles. The summed E-state index contributed by atoms with van der Waals surface area (Å²) in [6.45, 7) is 10.6. The largest absolute Gasteiger partial charge is 0.313 e. The van der Waals surface area contributed by atoms with Crippen LogP contribution in [0.1, 0.15) is 52.9 Å². The van der Waals surface area contributed by atoms with Gasteiger partial charge in [-0.3, -0.25) is 9.80 Å². The van der Waals surface area contributed by atoms with Crippen molar-refractivity contribution < 1.29 is 0 Å². The fraction of sp³-hybridized carbons (Fsp3) is 1.00. The van der Waals surface area contributed by atoms with E-state index in [0.717, 1.165) is 24.7 Å². The quantitative estimate of drug-likeness (QED) is 0.797. The van der Waals surface area contributed by atoms with Crippen molar-refractivity contribution in [1.82, 2.24) is 15.1 Å². The van der Waals surface area contributed by atoms with E-state index >= 15 is 0 Å². The minimum absolute atomic E-state index is 0.602. The van der Waals surface area contributed by atoms with Gasteiger partial charge in [-0.25, -0.2) is 0 Å². The van der Waals surface area contributed by atoms with Crippen LogP contribution in [-0.2, 0) is 0 Å². The van der Waals surface area contributed by atoms with Gasteiger partial charge in [0.05, 0.1) is 0 Å². The van der Waals surface area contributed by atoms with Crippen LogP contribution in [-0.4, -0.2) is 60.6 Å². The lowest BCUT2D eigenvalue weighted by atomic mass is 10.0. The Labute approximate surface area is 119 Å². The molecule has 2 bridgehead atoms. The molecule has 3 atom stereocenters. The molecule has 19 heavy (non-hydrogen) atoms. The molecule has 0 aliphatic carbocycles. The van der Waals surface area contributed by atoms with E-state index < -0.39 is 0 Å². The second kappa shape index (κ2) is 7.05. The predicted octanol–water partition coefficient (Wildman–Crippen LogP) is 2.32. The Morgan fingerprint density at radius 3 is 2.58 bits per heavy atom. The van der Waals surface area contributed by atoms with Crippen LogP contribution in [0.3, 0.4) is 0 Å². The maximum atomic E-state index is 3.65. The smallest absolute Gasteiger partial charge is 0.0223 e. The van der Waals surface area contributed by atoms with Gasteiger partial charge < -0.3 is 5.32 Å². The van der Waals surface area contributed by atoms with Gasteiger partial charge >= 0.3 is 0 Å². The summed E-state index contributed by atoms with van der Waals surface area (Å²) in [7, 11) is 2.34. The van der Waals surface area contributed by atoms with Crippen molar-refractivity contribution in [3.8, 4) is 0 Å². The zero-order valence-electron chi connectivity index (χ0n) is 13.4. The molecule has 2 aliphatic rings. The molecule has 2 saturated heterocycles. The first kappa shape index (κ1) is 15.3. The van der Waals surface area contributed by atoms with E-state index in [1.165, 1.54) is 45.2 Å². The van der Waals surface area contributed by atoms with E-state index in [2.05, 4.69) is 42.9 Å². The van der Waals surface area contributed by atoms with Crippen molar-refractivity contribution in [2.24, 2.45) is 0 Å². The molecule has 2 fully saturated rings. The zero-order valence-corrected chi connectivity index (χ0v) is 13.4. The lowest BCUT2D eigenvalue weighted by molar-refractivity contribution is 0.158. The summed E-state index contributed by atoms with van der Waals surface area (Å²) in [6, 6.07) is 3.01. The van der Waals surface area contributed by atoms with Crippen LogP contribution >= 0.6 is 0 Å². The SMILES string of the molecule is CCCC(CNC(C)C)N1CCC2CCC(C1)N2C. The first-order chi connectivity index (χ1) is 9.11. The third-order valence-corrected chi connectivity index (χ3v) is 5.08. The van der Waals surface area contributed by atoms with E-state index in [-0.39, 0.29) is 0 Å². The zero-order chi connectivity index (χ0) is 13.8. The van der Waals surface area contributed by atoms with Crippen molar-refractivity contribution in [1.29, 1.82) is 0 Å². The highest BCUT2D eigenvalue weighted by molar-refractivity contribution is 4.93. The lowest BCUT2D eigenvalue weighted by Gasteiger charge is -2.34. The highest BCUT2D eigenvalue weighted by atomic mass is 15.3. The van der Waals surface area contributed by atoms with Crippen molar-refractivity contribution >= 4 is 0 Å². The molecule has 3 unspecified atom stereocenters. The Balaban J connectivity index is 1.93. The number of likely N-dealkylation sites (N-methyl/N-ethyl adjacent to an activating group) is 1. The van der Waals surface area contributed by atoms with Gasteiger partial charge in [-0.2, -0.15) is 0 Å². The van der Waals surface area contributed by atoms with Gasteiger partial charge in [-0.1, -0.05) is 27.2 Å². The van der Waals surface area contributed by atoms with Crippen LogP contribution in [0.4, 0.5) is 0 Å². The number of hydrogen-bond acceptors (Lipinski definition) is 3. The van der Waals surface area contributed by atoms with Gasteiger partial charge in [0.25, 0.3) is 0 Å². The molecular weight excluding hydrogens is 234 g/mol. The number of nitrogens with one attached hydrogen (secondary N) is 1. The topological polar surface area (TPSA) is 18.5 Å². The third-order valence-electron chi connectivity index (χ3n) is 5.08. The molecule has 2 aliphatic heterocycles. The number of likely N-dealkylation sites (tertiary alicyclic amines) is 1. The summed E-state index contributed by atoms with van der Waals surface area (Å²) in [6.07, 6.45) is 6.84. The summed E-state index contributed by atoms with van der Waals surface area (Å²) in [4.78, 5) is 5.43. The first-order valence-electron chi connectivity index (χ1n) is 8.31. The second-order valence-corrected chi connectivity index (χ2v) is 6.84. The maximum Gasteiger partial charge on any atom is 0.0223 e. The Bertz CT molecular complexity index is 267. The van der Waals surface area contributed by atoms with E-state index in [1.54, 1.807) is 0 Å². The minimum atomic E-state index is 0.602. The van der Waals surface area contributed by atoms with Crippen molar-refractivity contribution in [3.05, 3.63) is 0 Å². The molecule has 0 aromatic rings. The lowest BCUT2D eigenvalue weighted by Crippen LogP contribution is -2.47. The minimum Gasteiger partial charge on any atom is -0.313 e. The summed E-state index contributed by atoms with van der Waals surface area (Å²) < 4.78 is 0. The summed E-state index contributed by atoms with van der Waals surface area (Å²) in [5, 5.41) is 3.65. The summed E-state index contributed by atoms with van der Waals surface area (Å²) in [5.41, 5.74) is 0. The molecule has 0 radical (unpaired) electrons. The van der Waals surface area contributed by atoms with E-state index in [0.29, 0.717) is 6.04 Å². The number of hydrogen-bond donors (Lipinski definition) is 1. The molecule has 112 valence electrons. The van der Waals surface area contributed by atoms with E-state index in [4.69, 9.17) is 0 Å². The van der Waals surface area contributed by atoms with Crippen LogP contribution in [0.25, 0.3) is 0 Å². The molecule has 0 aromatic heterocycles. The highest BCUT2D eigenvalue weighted by Crippen LogP contribution is 2.29. The average Bonchev–Trinajstić information content (AvgIpc) is 2.59. The Kier molecular flexibility index (Phi) is 5.67. The second-order valence-electron chi connectivity index (χ2n) is 6.84. The van der Waals surface area contributed by atoms with Gasteiger partial charge in [0, 0.05) is 43.8 Å². The molecule has 0 spiro atoms. The molecule has 0 aromatic carbocycles. The van der Waals surface area contributed by atoms with Crippen LogP contribution in [0.2, 0.25) is 0 Å². The average molecular weight is 267 g/mol. The molecular formula is C16H33N3. The Morgan fingerprint density at radius 1 is 1.16 bits per heavy atom. The van der Waals surface area contributed by atoms with Gasteiger partial charge in [-0.15, -0.1) is 0 Å². The van der Waals surface area contributed by atoms with Crippen LogP contribution in [0.15, 0.2) is 0 Å². The predicted molar refractivity (Wildman–Crippen MR) is 82.6 cm³/mol. The van der Waals surface area contributed by atoms with Crippen molar-refractivity contribution in [3.63, 3.8) is 0 Å². The summed E-state index contributed by atoms with van der Waals surface area (Å²) in [5.74, 6) is 0. The third kappa shape index (κ3) is 3.93. The number of rotatable bonds is 6. The maximum absolute atomic E-state index is 3.65. The Morgan fingerprint density at radius 2 is 1.89 bits per heavy atom. The molecule has 1 N–H and O–H groups in total. The summed E-state index contributed by atoms with van der Waals surface area (Å²) >= 11 is 0. The number of nitrogens with zero attached hydrogens (tertiary/aromatic N) is 2. The fourth-order valence-corrected chi connectivity index (χ4v) is 3.79. The van der Waals surface area contributed by atoms with E-state index in [1.807, 2.05) is 0 Å². The molecule has 3 heteroatoms. The van der Waals surface area contributed by atoms with Crippen LogP contribution in [0.5, 0.6) is 0 Å². The molecule has 3 nitrogen and oxygen atoms in total. The normalized spacial score (nSPS) is 30.8. The standard InChI is InChI=1S/C16H33N3/c1-5-6-15(11-17-13(2)3)19-10-9-14-7-8-16(12-19)18(14)4/h13-17H,5-12H2,1-4H3. The van der Waals surface area contributed by atoms with Gasteiger partial charge in [0.1, 0.15) is 0 Å². The number of fused-ring (bicyclic) bond motifs is 2. The Hall–Kier alpha value is -0.120. The van der Waals surface area contributed by atoms with Gasteiger partial charge in [0.2, 0.25) is 0 Å². The fourth-order valence-electron chi connectivity index (χ4n) is 3.79.